The monoisotopic (exact) mass is 266 g/mol. The number of aromatic nitrogens is 2. The molecule has 0 aromatic carbocycles. The van der Waals surface area contributed by atoms with Crippen molar-refractivity contribution in [1.82, 2.24) is 9.97 Å². The van der Waals surface area contributed by atoms with E-state index in [1.807, 2.05) is 11.8 Å². The molecule has 1 N–H and O–H groups in total. The maximum absolute atomic E-state index is 4.52. The number of anilines is 2. The van der Waals surface area contributed by atoms with Crippen LogP contribution in [0.3, 0.4) is 0 Å². The van der Waals surface area contributed by atoms with Gasteiger partial charge in [0.15, 0.2) is 0 Å². The zero-order chi connectivity index (χ0) is 12.8. The summed E-state index contributed by atoms with van der Waals surface area (Å²) in [5.41, 5.74) is 1.26. The van der Waals surface area contributed by atoms with E-state index in [1.54, 1.807) is 6.33 Å². The van der Waals surface area contributed by atoms with E-state index in [1.165, 1.54) is 23.5 Å². The van der Waals surface area contributed by atoms with Crippen molar-refractivity contribution in [1.29, 1.82) is 0 Å². The van der Waals surface area contributed by atoms with Crippen molar-refractivity contribution in [3.05, 3.63) is 11.9 Å². The Morgan fingerprint density at radius 3 is 2.94 bits per heavy atom. The molecule has 0 aliphatic carbocycles. The smallest absolute Gasteiger partial charge is 0.137 e. The Hall–Kier alpha value is -0.970. The molecule has 1 aliphatic rings. The lowest BCUT2D eigenvalue weighted by Crippen LogP contribution is -2.28. The van der Waals surface area contributed by atoms with Crippen LogP contribution in [0.1, 0.15) is 25.8 Å². The third-order valence-electron chi connectivity index (χ3n) is 3.14. The summed E-state index contributed by atoms with van der Waals surface area (Å²) in [4.78, 5) is 11.3. The quantitative estimate of drug-likeness (QED) is 0.906. The Labute approximate surface area is 114 Å². The highest BCUT2D eigenvalue weighted by atomic mass is 32.2. The van der Waals surface area contributed by atoms with Crippen molar-refractivity contribution in [2.75, 3.05) is 41.4 Å². The predicted molar refractivity (Wildman–Crippen MR) is 79.7 cm³/mol. The minimum Gasteiger partial charge on any atom is -0.370 e. The molecule has 2 heterocycles. The standard InChI is InChI=1S/C13H22N4S/c1-3-11-12(14-4-2)15-10-16-13(11)17-6-5-8-18-9-7-17/h10H,3-9H2,1-2H3,(H,14,15,16). The third kappa shape index (κ3) is 3.07. The van der Waals surface area contributed by atoms with Crippen LogP contribution in [0.4, 0.5) is 11.6 Å². The van der Waals surface area contributed by atoms with Crippen LogP contribution >= 0.6 is 11.8 Å². The molecule has 4 nitrogen and oxygen atoms in total. The van der Waals surface area contributed by atoms with Gasteiger partial charge in [-0.15, -0.1) is 0 Å². The van der Waals surface area contributed by atoms with Crippen molar-refractivity contribution in [2.24, 2.45) is 0 Å². The van der Waals surface area contributed by atoms with Gasteiger partial charge in [-0.1, -0.05) is 6.92 Å². The molecule has 2 rings (SSSR count). The fraction of sp³-hybridized carbons (Fsp3) is 0.692. The summed E-state index contributed by atoms with van der Waals surface area (Å²) < 4.78 is 0. The Kier molecular flexibility index (Phi) is 5.11. The molecular formula is C13H22N4S. The molecule has 5 heteroatoms. The van der Waals surface area contributed by atoms with E-state index in [0.29, 0.717) is 0 Å². The molecule has 1 aromatic heterocycles. The van der Waals surface area contributed by atoms with Crippen molar-refractivity contribution in [3.8, 4) is 0 Å². The zero-order valence-electron chi connectivity index (χ0n) is 11.3. The second-order valence-electron chi connectivity index (χ2n) is 4.36. The molecule has 18 heavy (non-hydrogen) atoms. The fourth-order valence-corrected chi connectivity index (χ4v) is 3.17. The van der Waals surface area contributed by atoms with Crippen LogP contribution < -0.4 is 10.2 Å². The van der Waals surface area contributed by atoms with E-state index in [9.17, 15) is 0 Å². The highest BCUT2D eigenvalue weighted by molar-refractivity contribution is 7.99. The third-order valence-corrected chi connectivity index (χ3v) is 4.19. The molecule has 0 unspecified atom stereocenters. The topological polar surface area (TPSA) is 41.1 Å². The van der Waals surface area contributed by atoms with Crippen molar-refractivity contribution in [2.45, 2.75) is 26.7 Å². The average molecular weight is 266 g/mol. The molecule has 100 valence electrons. The van der Waals surface area contributed by atoms with Crippen LogP contribution in [-0.2, 0) is 6.42 Å². The molecular weight excluding hydrogens is 244 g/mol. The Morgan fingerprint density at radius 1 is 1.28 bits per heavy atom. The van der Waals surface area contributed by atoms with E-state index < -0.39 is 0 Å². The van der Waals surface area contributed by atoms with Gasteiger partial charge in [-0.3, -0.25) is 0 Å². The summed E-state index contributed by atoms with van der Waals surface area (Å²) in [7, 11) is 0. The van der Waals surface area contributed by atoms with E-state index in [-0.39, 0.29) is 0 Å². The van der Waals surface area contributed by atoms with Crippen LogP contribution in [0.5, 0.6) is 0 Å². The van der Waals surface area contributed by atoms with Gasteiger partial charge in [-0.05, 0) is 25.5 Å². The van der Waals surface area contributed by atoms with Gasteiger partial charge in [0, 0.05) is 31.0 Å². The summed E-state index contributed by atoms with van der Waals surface area (Å²) in [5.74, 6) is 4.60. The zero-order valence-corrected chi connectivity index (χ0v) is 12.1. The Balaban J connectivity index is 2.27. The highest BCUT2D eigenvalue weighted by Crippen LogP contribution is 2.25. The number of hydrogen-bond donors (Lipinski definition) is 1. The van der Waals surface area contributed by atoms with Crippen LogP contribution in [0.15, 0.2) is 6.33 Å². The number of nitrogens with zero attached hydrogens (tertiary/aromatic N) is 3. The summed E-state index contributed by atoms with van der Waals surface area (Å²) in [6.45, 7) is 7.39. The van der Waals surface area contributed by atoms with Gasteiger partial charge in [0.05, 0.1) is 0 Å². The molecule has 0 spiro atoms. The number of thioether (sulfide) groups is 1. The van der Waals surface area contributed by atoms with Gasteiger partial charge in [0.1, 0.15) is 18.0 Å². The number of hydrogen-bond acceptors (Lipinski definition) is 5. The summed E-state index contributed by atoms with van der Waals surface area (Å²) in [5, 5.41) is 3.34. The fourth-order valence-electron chi connectivity index (χ4n) is 2.28. The molecule has 1 aromatic rings. The maximum Gasteiger partial charge on any atom is 0.137 e. The normalized spacial score (nSPS) is 16.4. The van der Waals surface area contributed by atoms with Crippen LogP contribution in [0.25, 0.3) is 0 Å². The van der Waals surface area contributed by atoms with Crippen molar-refractivity contribution >= 4 is 23.4 Å². The van der Waals surface area contributed by atoms with Crippen molar-refractivity contribution in [3.63, 3.8) is 0 Å². The maximum atomic E-state index is 4.52. The van der Waals surface area contributed by atoms with Gasteiger partial charge in [-0.25, -0.2) is 9.97 Å². The molecule has 1 aliphatic heterocycles. The van der Waals surface area contributed by atoms with Gasteiger partial charge in [0.2, 0.25) is 0 Å². The Bertz CT molecular complexity index is 375. The summed E-state index contributed by atoms with van der Waals surface area (Å²) in [6, 6.07) is 0. The lowest BCUT2D eigenvalue weighted by Gasteiger charge is -2.24. The van der Waals surface area contributed by atoms with Gasteiger partial charge in [-0.2, -0.15) is 11.8 Å². The summed E-state index contributed by atoms with van der Waals surface area (Å²) in [6.07, 6.45) is 3.90. The second-order valence-corrected chi connectivity index (χ2v) is 5.59. The minimum absolute atomic E-state index is 0.902. The molecule has 0 atom stereocenters. The molecule has 1 fully saturated rings. The predicted octanol–water partition coefficient (Wildman–Crippen LogP) is 2.41. The van der Waals surface area contributed by atoms with Crippen LogP contribution in [-0.4, -0.2) is 41.1 Å². The molecule has 1 saturated heterocycles. The first-order valence-electron chi connectivity index (χ1n) is 6.77. The lowest BCUT2D eigenvalue weighted by atomic mass is 10.2. The van der Waals surface area contributed by atoms with E-state index in [0.717, 1.165) is 37.7 Å². The van der Waals surface area contributed by atoms with E-state index >= 15 is 0 Å². The lowest BCUT2D eigenvalue weighted by molar-refractivity contribution is 0.789. The van der Waals surface area contributed by atoms with E-state index in [4.69, 9.17) is 0 Å². The minimum atomic E-state index is 0.902. The van der Waals surface area contributed by atoms with Crippen LogP contribution in [0.2, 0.25) is 0 Å². The largest absolute Gasteiger partial charge is 0.370 e. The number of rotatable bonds is 4. The van der Waals surface area contributed by atoms with Crippen molar-refractivity contribution < 1.29 is 0 Å². The second kappa shape index (κ2) is 6.83. The first-order chi connectivity index (χ1) is 8.86. The first kappa shape index (κ1) is 13.5. The molecule has 0 saturated carbocycles. The Morgan fingerprint density at radius 2 is 2.17 bits per heavy atom. The van der Waals surface area contributed by atoms with Gasteiger partial charge >= 0.3 is 0 Å². The van der Waals surface area contributed by atoms with E-state index in [2.05, 4.69) is 34.0 Å². The average Bonchev–Trinajstić information content (AvgIpc) is 2.67. The molecule has 0 radical (unpaired) electrons. The first-order valence-corrected chi connectivity index (χ1v) is 7.92. The summed E-state index contributed by atoms with van der Waals surface area (Å²) >= 11 is 2.04. The van der Waals surface area contributed by atoms with Gasteiger partial charge < -0.3 is 10.2 Å². The molecule has 0 bridgehead atoms. The van der Waals surface area contributed by atoms with Gasteiger partial charge in [0.25, 0.3) is 0 Å². The SMILES string of the molecule is CCNc1ncnc(N2CCCSCC2)c1CC. The van der Waals surface area contributed by atoms with Crippen LogP contribution in [0, 0.1) is 0 Å². The number of nitrogens with one attached hydrogen (secondary N) is 1. The molecule has 0 amide bonds. The highest BCUT2D eigenvalue weighted by Gasteiger charge is 2.17.